The predicted octanol–water partition coefficient (Wildman–Crippen LogP) is 2.06. The highest BCUT2D eigenvalue weighted by molar-refractivity contribution is 7.98. The molecular formula is C13H25NO2S. The lowest BCUT2D eigenvalue weighted by Gasteiger charge is -2.37. The van der Waals surface area contributed by atoms with Gasteiger partial charge in [0, 0.05) is 25.7 Å². The maximum absolute atomic E-state index is 5.93. The Morgan fingerprint density at radius 1 is 1.35 bits per heavy atom. The molecule has 0 saturated carbocycles. The second-order valence-electron chi connectivity index (χ2n) is 5.18. The van der Waals surface area contributed by atoms with Gasteiger partial charge in [-0.05, 0) is 44.2 Å². The van der Waals surface area contributed by atoms with Crippen LogP contribution < -0.4 is 5.32 Å². The van der Waals surface area contributed by atoms with E-state index in [1.807, 2.05) is 11.8 Å². The summed E-state index contributed by atoms with van der Waals surface area (Å²) >= 11 is 1.94. The van der Waals surface area contributed by atoms with Gasteiger partial charge in [-0.2, -0.15) is 11.8 Å². The Bertz CT molecular complexity index is 219. The molecule has 2 fully saturated rings. The Hall–Kier alpha value is 0.230. The van der Waals surface area contributed by atoms with Crippen molar-refractivity contribution in [1.82, 2.24) is 5.32 Å². The Morgan fingerprint density at radius 2 is 2.29 bits per heavy atom. The maximum atomic E-state index is 5.93. The van der Waals surface area contributed by atoms with Crippen LogP contribution in [0.2, 0.25) is 0 Å². The summed E-state index contributed by atoms with van der Waals surface area (Å²) in [7, 11) is 0. The summed E-state index contributed by atoms with van der Waals surface area (Å²) in [4.78, 5) is 0. The number of hydrogen-bond acceptors (Lipinski definition) is 4. The van der Waals surface area contributed by atoms with Gasteiger partial charge in [0.05, 0.1) is 12.2 Å². The Balaban J connectivity index is 1.63. The summed E-state index contributed by atoms with van der Waals surface area (Å²) in [5.74, 6) is 1.28. The van der Waals surface area contributed by atoms with Crippen LogP contribution in [0.1, 0.15) is 32.1 Å². The molecule has 2 aliphatic heterocycles. The van der Waals surface area contributed by atoms with Crippen LogP contribution in [0.15, 0.2) is 0 Å². The molecule has 2 unspecified atom stereocenters. The van der Waals surface area contributed by atoms with Crippen LogP contribution in [0, 0.1) is 0 Å². The SMILES string of the molecule is CSCCCCNC1CCOC2(CCOC2)C1. The minimum absolute atomic E-state index is 0.0508. The summed E-state index contributed by atoms with van der Waals surface area (Å²) in [5.41, 5.74) is 0.0508. The van der Waals surface area contributed by atoms with Crippen LogP contribution >= 0.6 is 11.8 Å². The number of nitrogens with one attached hydrogen (secondary N) is 1. The van der Waals surface area contributed by atoms with Crippen LogP contribution in [0.5, 0.6) is 0 Å². The van der Waals surface area contributed by atoms with Gasteiger partial charge in [0.25, 0.3) is 0 Å². The Labute approximate surface area is 109 Å². The number of hydrogen-bond donors (Lipinski definition) is 1. The van der Waals surface area contributed by atoms with E-state index in [2.05, 4.69) is 11.6 Å². The molecule has 2 aliphatic rings. The van der Waals surface area contributed by atoms with Gasteiger partial charge in [-0.15, -0.1) is 0 Å². The highest BCUT2D eigenvalue weighted by atomic mass is 32.2. The molecule has 0 aromatic carbocycles. The zero-order valence-electron chi connectivity index (χ0n) is 10.9. The van der Waals surface area contributed by atoms with Crippen LogP contribution in [-0.2, 0) is 9.47 Å². The van der Waals surface area contributed by atoms with Crippen molar-refractivity contribution in [1.29, 1.82) is 0 Å². The summed E-state index contributed by atoms with van der Waals surface area (Å²) in [6, 6.07) is 0.639. The summed E-state index contributed by atoms with van der Waals surface area (Å²) in [5, 5.41) is 3.69. The first-order valence-electron chi connectivity index (χ1n) is 6.79. The Kier molecular flexibility index (Phi) is 5.60. The fraction of sp³-hybridized carbons (Fsp3) is 1.00. The van der Waals surface area contributed by atoms with Crippen molar-refractivity contribution in [3.05, 3.63) is 0 Å². The monoisotopic (exact) mass is 259 g/mol. The van der Waals surface area contributed by atoms with Crippen molar-refractivity contribution < 1.29 is 9.47 Å². The van der Waals surface area contributed by atoms with E-state index in [9.17, 15) is 0 Å². The van der Waals surface area contributed by atoms with Crippen LogP contribution in [-0.4, -0.2) is 50.0 Å². The van der Waals surface area contributed by atoms with Gasteiger partial charge in [-0.25, -0.2) is 0 Å². The predicted molar refractivity (Wildman–Crippen MR) is 72.8 cm³/mol. The molecule has 17 heavy (non-hydrogen) atoms. The largest absolute Gasteiger partial charge is 0.378 e. The van der Waals surface area contributed by atoms with Gasteiger partial charge in [0.2, 0.25) is 0 Å². The lowest BCUT2D eigenvalue weighted by molar-refractivity contribution is -0.0892. The lowest BCUT2D eigenvalue weighted by atomic mass is 9.89. The molecule has 2 atom stereocenters. The van der Waals surface area contributed by atoms with Crippen molar-refractivity contribution >= 4 is 11.8 Å². The quantitative estimate of drug-likeness (QED) is 0.740. The van der Waals surface area contributed by atoms with Crippen molar-refractivity contribution in [2.75, 3.05) is 38.4 Å². The van der Waals surface area contributed by atoms with E-state index in [-0.39, 0.29) is 5.60 Å². The lowest BCUT2D eigenvalue weighted by Crippen LogP contribution is -2.47. The first kappa shape index (κ1) is 13.7. The molecule has 1 N–H and O–H groups in total. The van der Waals surface area contributed by atoms with Gasteiger partial charge >= 0.3 is 0 Å². The fourth-order valence-electron chi connectivity index (χ4n) is 2.74. The summed E-state index contributed by atoms with van der Waals surface area (Å²) < 4.78 is 11.4. The first-order chi connectivity index (χ1) is 8.35. The zero-order valence-corrected chi connectivity index (χ0v) is 11.7. The third kappa shape index (κ3) is 4.12. The number of rotatable bonds is 6. The van der Waals surface area contributed by atoms with E-state index in [0.717, 1.165) is 45.6 Å². The highest BCUT2D eigenvalue weighted by Gasteiger charge is 2.40. The van der Waals surface area contributed by atoms with E-state index in [0.29, 0.717) is 6.04 Å². The van der Waals surface area contributed by atoms with Crippen LogP contribution in [0.25, 0.3) is 0 Å². The molecule has 2 rings (SSSR count). The van der Waals surface area contributed by atoms with Crippen LogP contribution in [0.3, 0.4) is 0 Å². The molecule has 0 aliphatic carbocycles. The molecular weight excluding hydrogens is 234 g/mol. The molecule has 3 nitrogen and oxygen atoms in total. The number of ether oxygens (including phenoxy) is 2. The van der Waals surface area contributed by atoms with Gasteiger partial charge in [-0.1, -0.05) is 0 Å². The molecule has 100 valence electrons. The minimum Gasteiger partial charge on any atom is -0.378 e. The number of thioether (sulfide) groups is 1. The topological polar surface area (TPSA) is 30.5 Å². The van der Waals surface area contributed by atoms with Crippen molar-refractivity contribution in [2.24, 2.45) is 0 Å². The second-order valence-corrected chi connectivity index (χ2v) is 6.16. The second kappa shape index (κ2) is 6.98. The van der Waals surface area contributed by atoms with E-state index in [4.69, 9.17) is 9.47 Å². The zero-order chi connectivity index (χ0) is 12.0. The van der Waals surface area contributed by atoms with Crippen molar-refractivity contribution in [2.45, 2.75) is 43.7 Å². The minimum atomic E-state index is 0.0508. The normalized spacial score (nSPS) is 33.4. The Morgan fingerprint density at radius 3 is 3.06 bits per heavy atom. The standard InChI is InChI=1S/C13H25NO2S/c1-17-9-3-2-6-14-12-4-7-16-13(10-12)5-8-15-11-13/h12,14H,2-11H2,1H3. The van der Waals surface area contributed by atoms with E-state index in [1.165, 1.54) is 18.6 Å². The molecule has 4 heteroatoms. The molecule has 1 spiro atoms. The van der Waals surface area contributed by atoms with Gasteiger partial charge in [-0.3, -0.25) is 0 Å². The maximum Gasteiger partial charge on any atom is 0.0951 e. The molecule has 0 aromatic rings. The highest BCUT2D eigenvalue weighted by Crippen LogP contribution is 2.32. The van der Waals surface area contributed by atoms with E-state index >= 15 is 0 Å². The van der Waals surface area contributed by atoms with Crippen LogP contribution in [0.4, 0.5) is 0 Å². The third-order valence-electron chi connectivity index (χ3n) is 3.77. The molecule has 2 heterocycles. The molecule has 0 aromatic heterocycles. The first-order valence-corrected chi connectivity index (χ1v) is 8.18. The van der Waals surface area contributed by atoms with E-state index in [1.54, 1.807) is 0 Å². The average Bonchev–Trinajstić information content (AvgIpc) is 2.77. The molecule has 0 amide bonds. The van der Waals surface area contributed by atoms with Gasteiger partial charge in [0.15, 0.2) is 0 Å². The fourth-order valence-corrected chi connectivity index (χ4v) is 3.24. The van der Waals surface area contributed by atoms with Gasteiger partial charge in [0.1, 0.15) is 0 Å². The number of unbranched alkanes of at least 4 members (excludes halogenated alkanes) is 1. The van der Waals surface area contributed by atoms with Crippen molar-refractivity contribution in [3.8, 4) is 0 Å². The summed E-state index contributed by atoms with van der Waals surface area (Å²) in [6.45, 7) is 3.73. The third-order valence-corrected chi connectivity index (χ3v) is 4.47. The van der Waals surface area contributed by atoms with Gasteiger partial charge < -0.3 is 14.8 Å². The molecule has 0 radical (unpaired) electrons. The average molecular weight is 259 g/mol. The van der Waals surface area contributed by atoms with Crippen molar-refractivity contribution in [3.63, 3.8) is 0 Å². The van der Waals surface area contributed by atoms with E-state index < -0.39 is 0 Å². The summed E-state index contributed by atoms with van der Waals surface area (Å²) in [6.07, 6.45) is 8.17. The smallest absolute Gasteiger partial charge is 0.0951 e. The molecule has 2 saturated heterocycles. The molecule has 0 bridgehead atoms.